The molecule has 0 bridgehead atoms. The van der Waals surface area contributed by atoms with Gasteiger partial charge in [-0.1, -0.05) is 0 Å². The molecule has 15 heavy (non-hydrogen) atoms. The van der Waals surface area contributed by atoms with Crippen molar-refractivity contribution in [2.24, 2.45) is 0 Å². The maximum atomic E-state index is 11.8. The average Bonchev–Trinajstić information content (AvgIpc) is 2.71. The van der Waals surface area contributed by atoms with Crippen molar-refractivity contribution < 1.29 is 4.21 Å². The Morgan fingerprint density at radius 1 is 1.47 bits per heavy atom. The van der Waals surface area contributed by atoms with E-state index in [0.29, 0.717) is 11.8 Å². The SMILES string of the molecule is O=[S@](Cc1ccncc1)C[C@H]1CCCN1. The molecule has 0 spiro atoms. The Kier molecular flexibility index (Phi) is 3.86. The van der Waals surface area contributed by atoms with E-state index in [4.69, 9.17) is 0 Å². The molecule has 0 unspecified atom stereocenters. The van der Waals surface area contributed by atoms with Gasteiger partial charge in [0.2, 0.25) is 0 Å². The van der Waals surface area contributed by atoms with Crippen molar-refractivity contribution in [1.29, 1.82) is 0 Å². The molecule has 1 N–H and O–H groups in total. The number of hydrogen-bond donors (Lipinski definition) is 1. The van der Waals surface area contributed by atoms with E-state index in [9.17, 15) is 4.21 Å². The van der Waals surface area contributed by atoms with Crippen LogP contribution < -0.4 is 5.32 Å². The smallest absolute Gasteiger partial charge is 0.0487 e. The van der Waals surface area contributed by atoms with Crippen LogP contribution in [0.4, 0.5) is 0 Å². The molecule has 0 aliphatic carbocycles. The molecule has 82 valence electrons. The van der Waals surface area contributed by atoms with Crippen molar-refractivity contribution in [3.05, 3.63) is 30.1 Å². The Bertz CT molecular complexity index is 323. The molecular formula is C11H16N2OS. The highest BCUT2D eigenvalue weighted by atomic mass is 32.2. The number of rotatable bonds is 4. The first-order valence-corrected chi connectivity index (χ1v) is 6.80. The summed E-state index contributed by atoms with van der Waals surface area (Å²) in [5.41, 5.74) is 1.11. The molecule has 3 nitrogen and oxygen atoms in total. The van der Waals surface area contributed by atoms with E-state index in [-0.39, 0.29) is 0 Å². The standard InChI is InChI=1S/C11H16N2OS/c14-15(9-11-2-1-5-13-11)8-10-3-6-12-7-4-10/h3-4,6-7,11,13H,1-2,5,8-9H2/t11-,15-/m1/s1. The summed E-state index contributed by atoms with van der Waals surface area (Å²) in [6.45, 7) is 1.08. The monoisotopic (exact) mass is 224 g/mol. The van der Waals surface area contributed by atoms with E-state index in [1.165, 1.54) is 12.8 Å². The summed E-state index contributed by atoms with van der Waals surface area (Å²) in [5, 5.41) is 3.37. The van der Waals surface area contributed by atoms with Gasteiger partial charge in [-0.25, -0.2) is 0 Å². The number of hydrogen-bond acceptors (Lipinski definition) is 3. The van der Waals surface area contributed by atoms with Gasteiger partial charge < -0.3 is 5.32 Å². The third kappa shape index (κ3) is 3.39. The van der Waals surface area contributed by atoms with Crippen LogP contribution in [0.1, 0.15) is 18.4 Å². The quantitative estimate of drug-likeness (QED) is 0.832. The molecule has 0 saturated carbocycles. The highest BCUT2D eigenvalue weighted by molar-refractivity contribution is 7.84. The molecule has 2 atom stereocenters. The van der Waals surface area contributed by atoms with Crippen molar-refractivity contribution in [3.8, 4) is 0 Å². The molecule has 1 aliphatic heterocycles. The zero-order chi connectivity index (χ0) is 10.5. The Balaban J connectivity index is 1.82. The van der Waals surface area contributed by atoms with E-state index in [0.717, 1.165) is 17.9 Å². The van der Waals surface area contributed by atoms with Crippen LogP contribution in [0.5, 0.6) is 0 Å². The second-order valence-electron chi connectivity index (χ2n) is 3.90. The molecule has 0 radical (unpaired) electrons. The molecule has 0 aromatic carbocycles. The fourth-order valence-corrected chi connectivity index (χ4v) is 3.26. The van der Waals surface area contributed by atoms with Crippen LogP contribution in [0, 0.1) is 0 Å². The van der Waals surface area contributed by atoms with E-state index in [2.05, 4.69) is 10.3 Å². The van der Waals surface area contributed by atoms with E-state index in [1.54, 1.807) is 12.4 Å². The topological polar surface area (TPSA) is 42.0 Å². The fraction of sp³-hybridized carbons (Fsp3) is 0.545. The van der Waals surface area contributed by atoms with Crippen molar-refractivity contribution in [1.82, 2.24) is 10.3 Å². The maximum Gasteiger partial charge on any atom is 0.0487 e. The van der Waals surface area contributed by atoms with Gasteiger partial charge in [-0.05, 0) is 37.1 Å². The van der Waals surface area contributed by atoms with Crippen molar-refractivity contribution in [2.75, 3.05) is 12.3 Å². The highest BCUT2D eigenvalue weighted by Crippen LogP contribution is 2.09. The first kappa shape index (κ1) is 10.8. The van der Waals surface area contributed by atoms with Gasteiger partial charge in [-0.2, -0.15) is 0 Å². The lowest BCUT2D eigenvalue weighted by Gasteiger charge is -2.09. The van der Waals surface area contributed by atoms with E-state index in [1.807, 2.05) is 12.1 Å². The average molecular weight is 224 g/mol. The van der Waals surface area contributed by atoms with Crippen molar-refractivity contribution in [3.63, 3.8) is 0 Å². The van der Waals surface area contributed by atoms with Crippen LogP contribution in [0.25, 0.3) is 0 Å². The third-order valence-corrected chi connectivity index (χ3v) is 4.06. The maximum absolute atomic E-state index is 11.8. The van der Waals surface area contributed by atoms with Crippen LogP contribution in [0.15, 0.2) is 24.5 Å². The van der Waals surface area contributed by atoms with Crippen molar-refractivity contribution in [2.45, 2.75) is 24.6 Å². The molecule has 1 aromatic heterocycles. The summed E-state index contributed by atoms with van der Waals surface area (Å²) in [6.07, 6.45) is 5.89. The highest BCUT2D eigenvalue weighted by Gasteiger charge is 2.16. The molecule has 2 rings (SSSR count). The van der Waals surface area contributed by atoms with Crippen LogP contribution in [0.2, 0.25) is 0 Å². The molecular weight excluding hydrogens is 208 g/mol. The molecule has 1 aliphatic rings. The largest absolute Gasteiger partial charge is 0.313 e. The van der Waals surface area contributed by atoms with Gasteiger partial charge in [0.05, 0.1) is 0 Å². The molecule has 1 fully saturated rings. The Hall–Kier alpha value is -0.740. The van der Waals surface area contributed by atoms with Gasteiger partial charge in [0.1, 0.15) is 0 Å². The number of nitrogens with one attached hydrogen (secondary N) is 1. The van der Waals surface area contributed by atoms with Gasteiger partial charge in [-0.15, -0.1) is 0 Å². The molecule has 2 heterocycles. The van der Waals surface area contributed by atoms with Gasteiger partial charge >= 0.3 is 0 Å². The Labute approximate surface area is 92.8 Å². The Morgan fingerprint density at radius 3 is 2.93 bits per heavy atom. The van der Waals surface area contributed by atoms with Gasteiger partial charge in [0.25, 0.3) is 0 Å². The molecule has 1 aromatic rings. The van der Waals surface area contributed by atoms with Crippen LogP contribution in [0.3, 0.4) is 0 Å². The number of aromatic nitrogens is 1. The summed E-state index contributed by atoms with van der Waals surface area (Å²) in [4.78, 5) is 3.94. The second-order valence-corrected chi connectivity index (χ2v) is 5.40. The lowest BCUT2D eigenvalue weighted by atomic mass is 10.3. The minimum Gasteiger partial charge on any atom is -0.313 e. The van der Waals surface area contributed by atoms with Gasteiger partial charge in [0, 0.05) is 40.7 Å². The third-order valence-electron chi connectivity index (χ3n) is 2.63. The lowest BCUT2D eigenvalue weighted by Crippen LogP contribution is -2.27. The van der Waals surface area contributed by atoms with Crippen molar-refractivity contribution >= 4 is 10.8 Å². The summed E-state index contributed by atoms with van der Waals surface area (Å²) in [7, 11) is -0.751. The van der Waals surface area contributed by atoms with Gasteiger partial charge in [0.15, 0.2) is 0 Å². The number of nitrogens with zero attached hydrogens (tertiary/aromatic N) is 1. The van der Waals surface area contributed by atoms with Crippen LogP contribution in [-0.4, -0.2) is 27.5 Å². The van der Waals surface area contributed by atoms with Gasteiger partial charge in [-0.3, -0.25) is 9.19 Å². The summed E-state index contributed by atoms with van der Waals surface area (Å²) < 4.78 is 11.8. The molecule has 1 saturated heterocycles. The second kappa shape index (κ2) is 5.37. The summed E-state index contributed by atoms with van der Waals surface area (Å²) >= 11 is 0. The van der Waals surface area contributed by atoms with Crippen LogP contribution in [-0.2, 0) is 16.6 Å². The van der Waals surface area contributed by atoms with E-state index >= 15 is 0 Å². The lowest BCUT2D eigenvalue weighted by molar-refractivity contribution is 0.643. The molecule has 0 amide bonds. The first-order valence-electron chi connectivity index (χ1n) is 5.32. The minimum atomic E-state index is -0.751. The first-order chi connectivity index (χ1) is 7.34. The summed E-state index contributed by atoms with van der Waals surface area (Å²) in [6, 6.07) is 4.33. The zero-order valence-electron chi connectivity index (χ0n) is 8.69. The predicted octanol–water partition coefficient (Wildman–Crippen LogP) is 1.08. The minimum absolute atomic E-state index is 0.465. The fourth-order valence-electron chi connectivity index (χ4n) is 1.85. The summed E-state index contributed by atoms with van der Waals surface area (Å²) in [5.74, 6) is 1.43. The van der Waals surface area contributed by atoms with E-state index < -0.39 is 10.8 Å². The molecule has 4 heteroatoms. The van der Waals surface area contributed by atoms with Crippen LogP contribution >= 0.6 is 0 Å². The zero-order valence-corrected chi connectivity index (χ0v) is 9.50. The Morgan fingerprint density at radius 2 is 2.27 bits per heavy atom. The normalized spacial score (nSPS) is 22.8. The predicted molar refractivity (Wildman–Crippen MR) is 62.0 cm³/mol. The number of pyridine rings is 1.